The maximum Gasteiger partial charge on any atom is 0.330 e. The van der Waals surface area contributed by atoms with Gasteiger partial charge >= 0.3 is 5.69 Å². The van der Waals surface area contributed by atoms with Gasteiger partial charge in [-0.3, -0.25) is 13.7 Å². The first-order chi connectivity index (χ1) is 13.2. The van der Waals surface area contributed by atoms with Gasteiger partial charge < -0.3 is 4.57 Å². The van der Waals surface area contributed by atoms with E-state index in [0.29, 0.717) is 5.69 Å². The van der Waals surface area contributed by atoms with Gasteiger partial charge in [-0.1, -0.05) is 42.5 Å². The Kier molecular flexibility index (Phi) is 5.24. The highest BCUT2D eigenvalue weighted by Gasteiger charge is 2.29. The van der Waals surface area contributed by atoms with Crippen molar-refractivity contribution < 1.29 is 8.42 Å². The van der Waals surface area contributed by atoms with Crippen LogP contribution in [0.5, 0.6) is 0 Å². The summed E-state index contributed by atoms with van der Waals surface area (Å²) in [7, 11) is -1.55. The monoisotopic (exact) mass is 399 g/mol. The summed E-state index contributed by atoms with van der Waals surface area (Å²) in [6.45, 7) is 1.92. The number of nitrogens with zero attached hydrogens (tertiary/aromatic N) is 3. The zero-order chi connectivity index (χ0) is 20.5. The smallest absolute Gasteiger partial charge is 0.302 e. The van der Waals surface area contributed by atoms with Gasteiger partial charge in [-0.05, 0) is 30.2 Å². The lowest BCUT2D eigenvalue weighted by Crippen LogP contribution is -2.42. The zero-order valence-electron chi connectivity index (χ0n) is 15.9. The number of benzene rings is 2. The predicted octanol–water partition coefficient (Wildman–Crippen LogP) is 1.79. The molecule has 0 aliphatic carbocycles. The van der Waals surface area contributed by atoms with E-state index in [4.69, 9.17) is 0 Å². The van der Waals surface area contributed by atoms with Crippen LogP contribution in [0.4, 0.5) is 5.69 Å². The first-order valence-electron chi connectivity index (χ1n) is 8.62. The largest absolute Gasteiger partial charge is 0.330 e. The van der Waals surface area contributed by atoms with E-state index in [9.17, 15) is 18.0 Å². The third kappa shape index (κ3) is 3.63. The van der Waals surface area contributed by atoms with Crippen LogP contribution >= 0.6 is 0 Å². The number of rotatable bonds is 5. The Morgan fingerprint density at radius 1 is 0.964 bits per heavy atom. The lowest BCUT2D eigenvalue weighted by Gasteiger charge is -2.25. The fourth-order valence-electron chi connectivity index (χ4n) is 2.92. The molecule has 0 amide bonds. The third-order valence-corrected chi connectivity index (χ3v) is 6.20. The Morgan fingerprint density at radius 2 is 1.64 bits per heavy atom. The molecule has 3 aromatic rings. The van der Waals surface area contributed by atoms with Crippen LogP contribution in [0.25, 0.3) is 0 Å². The van der Waals surface area contributed by atoms with E-state index in [1.165, 1.54) is 18.4 Å². The maximum atomic E-state index is 13.5. The highest BCUT2D eigenvalue weighted by Crippen LogP contribution is 2.25. The Labute approximate surface area is 163 Å². The Morgan fingerprint density at radius 3 is 2.29 bits per heavy atom. The van der Waals surface area contributed by atoms with Crippen LogP contribution in [-0.2, 0) is 30.7 Å². The van der Waals surface area contributed by atoms with Crippen molar-refractivity contribution in [2.75, 3.05) is 4.31 Å². The van der Waals surface area contributed by atoms with Gasteiger partial charge in [0, 0.05) is 20.3 Å². The van der Waals surface area contributed by atoms with E-state index in [1.54, 1.807) is 18.2 Å². The Bertz CT molecular complexity index is 1230. The van der Waals surface area contributed by atoms with Crippen molar-refractivity contribution in [3.05, 3.63) is 92.8 Å². The molecule has 146 valence electrons. The summed E-state index contributed by atoms with van der Waals surface area (Å²) in [5.74, 6) is 0. The number of aryl methyl sites for hydroxylation is 2. The number of aromatic nitrogens is 2. The summed E-state index contributed by atoms with van der Waals surface area (Å²) in [5.41, 5.74) is 0.663. The Balaban J connectivity index is 2.22. The van der Waals surface area contributed by atoms with E-state index in [0.717, 1.165) is 26.5 Å². The molecular formula is C20H21N3O4S. The van der Waals surface area contributed by atoms with E-state index < -0.39 is 26.2 Å². The molecule has 2 aromatic carbocycles. The standard InChI is InChI=1S/C20H21N3O4S/c1-15-8-7-11-17(12-15)23(13-16-9-5-4-6-10-16)28(26,27)18-14-21(2)20(25)22(3)19(18)24/h4-12,14H,13H2,1-3H3. The molecule has 0 aliphatic rings. The molecule has 0 unspecified atom stereocenters. The molecule has 0 N–H and O–H groups in total. The summed E-state index contributed by atoms with van der Waals surface area (Å²) in [4.78, 5) is 24.1. The van der Waals surface area contributed by atoms with Gasteiger partial charge in [0.15, 0.2) is 4.90 Å². The minimum absolute atomic E-state index is 0.0542. The van der Waals surface area contributed by atoms with Crippen LogP contribution in [0.3, 0.4) is 0 Å². The number of sulfonamides is 1. The van der Waals surface area contributed by atoms with Gasteiger partial charge in [-0.15, -0.1) is 0 Å². The van der Waals surface area contributed by atoms with Crippen LogP contribution in [0.1, 0.15) is 11.1 Å². The first kappa shape index (κ1) is 19.6. The highest BCUT2D eigenvalue weighted by molar-refractivity contribution is 7.92. The van der Waals surface area contributed by atoms with Gasteiger partial charge in [0.1, 0.15) is 0 Å². The quantitative estimate of drug-likeness (QED) is 0.655. The molecule has 7 nitrogen and oxygen atoms in total. The molecular weight excluding hydrogens is 378 g/mol. The molecule has 0 aliphatic heterocycles. The zero-order valence-corrected chi connectivity index (χ0v) is 16.7. The normalized spacial score (nSPS) is 11.4. The van der Waals surface area contributed by atoms with Gasteiger partial charge in [0.25, 0.3) is 15.6 Å². The Hall–Kier alpha value is -3.13. The summed E-state index contributed by atoms with van der Waals surface area (Å²) in [6, 6.07) is 16.2. The van der Waals surface area contributed by atoms with Crippen molar-refractivity contribution >= 4 is 15.7 Å². The van der Waals surface area contributed by atoms with Crippen molar-refractivity contribution in [1.82, 2.24) is 9.13 Å². The second-order valence-electron chi connectivity index (χ2n) is 6.59. The van der Waals surface area contributed by atoms with Crippen LogP contribution in [0.15, 0.2) is 75.3 Å². The van der Waals surface area contributed by atoms with E-state index in [-0.39, 0.29) is 6.54 Å². The van der Waals surface area contributed by atoms with Crippen molar-refractivity contribution in [2.24, 2.45) is 14.1 Å². The molecule has 0 fully saturated rings. The third-order valence-electron chi connectivity index (χ3n) is 4.44. The van der Waals surface area contributed by atoms with Crippen LogP contribution in [-0.4, -0.2) is 17.6 Å². The number of anilines is 1. The molecule has 28 heavy (non-hydrogen) atoms. The van der Waals surface area contributed by atoms with Crippen molar-refractivity contribution in [2.45, 2.75) is 18.4 Å². The summed E-state index contributed by atoms with van der Waals surface area (Å²) in [5, 5.41) is 0. The van der Waals surface area contributed by atoms with Crippen molar-refractivity contribution in [3.63, 3.8) is 0 Å². The second-order valence-corrected chi connectivity index (χ2v) is 8.42. The van der Waals surface area contributed by atoms with Crippen molar-refractivity contribution in [1.29, 1.82) is 0 Å². The molecule has 1 heterocycles. The fraction of sp³-hybridized carbons (Fsp3) is 0.200. The number of hydrogen-bond acceptors (Lipinski definition) is 4. The maximum absolute atomic E-state index is 13.5. The molecule has 1 aromatic heterocycles. The minimum atomic E-state index is -4.22. The van der Waals surface area contributed by atoms with Crippen LogP contribution < -0.4 is 15.6 Å². The average Bonchev–Trinajstić information content (AvgIpc) is 2.67. The van der Waals surface area contributed by atoms with E-state index >= 15 is 0 Å². The van der Waals surface area contributed by atoms with Gasteiger partial charge in [-0.25, -0.2) is 13.2 Å². The molecule has 8 heteroatoms. The molecule has 3 rings (SSSR count). The molecule has 0 saturated carbocycles. The van der Waals surface area contributed by atoms with Gasteiger partial charge in [-0.2, -0.15) is 0 Å². The molecule has 0 radical (unpaired) electrons. The molecule has 0 atom stereocenters. The topological polar surface area (TPSA) is 81.4 Å². The number of hydrogen-bond donors (Lipinski definition) is 0. The van der Waals surface area contributed by atoms with E-state index in [2.05, 4.69) is 0 Å². The van der Waals surface area contributed by atoms with Crippen molar-refractivity contribution in [3.8, 4) is 0 Å². The molecule has 0 bridgehead atoms. The summed E-state index contributed by atoms with van der Waals surface area (Å²) < 4.78 is 30.0. The average molecular weight is 399 g/mol. The lowest BCUT2D eigenvalue weighted by atomic mass is 10.2. The SMILES string of the molecule is Cc1cccc(N(Cc2ccccc2)S(=O)(=O)c2cn(C)c(=O)n(C)c2=O)c1. The predicted molar refractivity (Wildman–Crippen MR) is 108 cm³/mol. The van der Waals surface area contributed by atoms with Crippen LogP contribution in [0.2, 0.25) is 0 Å². The fourth-order valence-corrected chi connectivity index (χ4v) is 4.51. The first-order valence-corrected chi connectivity index (χ1v) is 10.1. The second kappa shape index (κ2) is 7.47. The van der Waals surface area contributed by atoms with Crippen LogP contribution in [0, 0.1) is 6.92 Å². The van der Waals surface area contributed by atoms with E-state index in [1.807, 2.05) is 43.3 Å². The highest BCUT2D eigenvalue weighted by atomic mass is 32.2. The molecule has 0 saturated heterocycles. The summed E-state index contributed by atoms with van der Waals surface area (Å²) >= 11 is 0. The van der Waals surface area contributed by atoms with Gasteiger partial charge in [0.2, 0.25) is 0 Å². The van der Waals surface area contributed by atoms with Gasteiger partial charge in [0.05, 0.1) is 12.2 Å². The minimum Gasteiger partial charge on any atom is -0.302 e. The molecule has 0 spiro atoms. The summed E-state index contributed by atoms with van der Waals surface area (Å²) in [6.07, 6.45) is 1.08. The lowest BCUT2D eigenvalue weighted by molar-refractivity contribution is 0.579.